The molecule has 8 nitrogen and oxygen atoms in total. The van der Waals surface area contributed by atoms with Crippen molar-refractivity contribution in [3.63, 3.8) is 0 Å². The van der Waals surface area contributed by atoms with E-state index < -0.39 is 4.92 Å². The zero-order valence-corrected chi connectivity index (χ0v) is 29.3. The first-order valence-corrected chi connectivity index (χ1v) is 16.9. The molecule has 0 atom stereocenters. The molecule has 2 heterocycles. The van der Waals surface area contributed by atoms with Crippen LogP contribution in [0.15, 0.2) is 133 Å². The van der Waals surface area contributed by atoms with Gasteiger partial charge in [-0.2, -0.15) is 0 Å². The molecule has 6 aromatic carbocycles. The van der Waals surface area contributed by atoms with Crippen molar-refractivity contribution >= 4 is 33.4 Å². The molecule has 0 saturated heterocycles. The average molecular weight is 681 g/mol. The summed E-state index contributed by atoms with van der Waals surface area (Å²) in [7, 11) is 0. The van der Waals surface area contributed by atoms with Gasteiger partial charge < -0.3 is 5.73 Å². The van der Waals surface area contributed by atoms with Crippen LogP contribution < -0.4 is 5.73 Å². The number of hydrogen-bond acceptors (Lipinski definition) is 7. The second kappa shape index (κ2) is 14.2. The lowest BCUT2D eigenvalue weighted by Crippen LogP contribution is -1.98. The van der Waals surface area contributed by atoms with Crippen LogP contribution in [-0.4, -0.2) is 24.9 Å². The molecule has 0 amide bonds. The fourth-order valence-electron chi connectivity index (χ4n) is 5.96. The molecule has 2 aromatic heterocycles. The number of anilines is 1. The van der Waals surface area contributed by atoms with Crippen molar-refractivity contribution in [3.8, 4) is 45.0 Å². The highest BCUT2D eigenvalue weighted by molar-refractivity contribution is 5.93. The maximum absolute atomic E-state index is 11.4. The molecule has 0 saturated carbocycles. The van der Waals surface area contributed by atoms with Crippen LogP contribution in [0.5, 0.6) is 0 Å². The number of rotatable bonds is 5. The van der Waals surface area contributed by atoms with E-state index in [1.165, 1.54) is 17.2 Å². The molecule has 0 aliphatic heterocycles. The number of benzene rings is 6. The molecule has 52 heavy (non-hydrogen) atoms. The molecule has 0 fully saturated rings. The number of aromatic nitrogens is 4. The number of para-hydroxylation sites is 2. The Hall–Kier alpha value is -6.80. The summed E-state index contributed by atoms with van der Waals surface area (Å²) in [5, 5.41) is 11.4. The van der Waals surface area contributed by atoms with Gasteiger partial charge >= 0.3 is 0 Å². The first kappa shape index (κ1) is 33.7. The Morgan fingerprint density at radius 2 is 0.769 bits per heavy atom. The summed E-state index contributed by atoms with van der Waals surface area (Å²) < 4.78 is 0. The van der Waals surface area contributed by atoms with Crippen LogP contribution in [0.1, 0.15) is 22.3 Å². The molecular weight excluding hydrogens is 645 g/mol. The SMILES string of the molecule is Cc1ccc(-c2nc3cccc(N)c3nc2-c2ccc(C)cc2)cc1.Cc1ccc(-c2nc3cccc([N+](=O)[O-])c3nc2-c2ccc(C)cc2)cc1. The largest absolute Gasteiger partial charge is 0.397 e. The standard InChI is InChI=1S/C22H17N3O2.C22H19N3/c1-14-6-10-16(11-7-14)20-21(17-12-8-15(2)9-13-17)24-22-18(23-20)4-3-5-19(22)25(26)27;1-14-6-10-16(11-7-14)20-21(17-12-8-15(2)9-13-17)25-22-18(23)4-3-5-19(22)24-20/h3-13H,1-2H3;3-13H,23H2,1-2H3. The number of non-ortho nitro benzene ring substituents is 1. The number of nitro benzene ring substituents is 1. The topological polar surface area (TPSA) is 121 Å². The Kier molecular flexibility index (Phi) is 9.20. The Morgan fingerprint density at radius 1 is 0.442 bits per heavy atom. The fraction of sp³-hybridized carbons (Fsp3) is 0.0909. The van der Waals surface area contributed by atoms with Gasteiger partial charge in [0.05, 0.1) is 44.4 Å². The maximum Gasteiger partial charge on any atom is 0.297 e. The fourth-order valence-corrected chi connectivity index (χ4v) is 5.96. The van der Waals surface area contributed by atoms with Crippen LogP contribution >= 0.6 is 0 Å². The van der Waals surface area contributed by atoms with Gasteiger partial charge in [-0.15, -0.1) is 0 Å². The lowest BCUT2D eigenvalue weighted by molar-refractivity contribution is -0.383. The van der Waals surface area contributed by atoms with Gasteiger partial charge in [0.15, 0.2) is 5.52 Å². The normalized spacial score (nSPS) is 10.9. The predicted molar refractivity (Wildman–Crippen MR) is 211 cm³/mol. The number of aryl methyl sites for hydroxylation is 4. The van der Waals surface area contributed by atoms with Gasteiger partial charge in [0.1, 0.15) is 5.52 Å². The average Bonchev–Trinajstić information content (AvgIpc) is 3.15. The van der Waals surface area contributed by atoms with Gasteiger partial charge in [0.25, 0.3) is 5.69 Å². The number of nitrogens with zero attached hydrogens (tertiary/aromatic N) is 5. The third-order valence-electron chi connectivity index (χ3n) is 8.90. The summed E-state index contributed by atoms with van der Waals surface area (Å²) in [6, 6.07) is 43.3. The summed E-state index contributed by atoms with van der Waals surface area (Å²) in [5.74, 6) is 0. The van der Waals surface area contributed by atoms with E-state index in [1.807, 2.05) is 80.6 Å². The molecule has 2 N–H and O–H groups in total. The highest BCUT2D eigenvalue weighted by atomic mass is 16.6. The number of fused-ring (bicyclic) bond motifs is 2. The van der Waals surface area contributed by atoms with Crippen LogP contribution in [0.2, 0.25) is 0 Å². The summed E-state index contributed by atoms with van der Waals surface area (Å²) >= 11 is 0. The van der Waals surface area contributed by atoms with Gasteiger partial charge in [-0.3, -0.25) is 10.1 Å². The van der Waals surface area contributed by atoms with Crippen molar-refractivity contribution in [1.82, 2.24) is 19.9 Å². The second-order valence-electron chi connectivity index (χ2n) is 12.9. The van der Waals surface area contributed by atoms with Crippen molar-refractivity contribution in [2.45, 2.75) is 27.7 Å². The van der Waals surface area contributed by atoms with E-state index in [2.05, 4.69) is 62.4 Å². The van der Waals surface area contributed by atoms with Crippen LogP contribution in [0.4, 0.5) is 11.4 Å². The van der Waals surface area contributed by atoms with Crippen molar-refractivity contribution in [2.75, 3.05) is 5.73 Å². The van der Waals surface area contributed by atoms with E-state index >= 15 is 0 Å². The first-order valence-electron chi connectivity index (χ1n) is 16.9. The van der Waals surface area contributed by atoms with E-state index in [-0.39, 0.29) is 5.69 Å². The minimum absolute atomic E-state index is 0.0381. The molecule has 8 heteroatoms. The van der Waals surface area contributed by atoms with Crippen molar-refractivity contribution in [1.29, 1.82) is 0 Å². The van der Waals surface area contributed by atoms with Gasteiger partial charge in [-0.05, 0) is 45.9 Å². The summed E-state index contributed by atoms with van der Waals surface area (Å²) in [6.45, 7) is 8.20. The Morgan fingerprint density at radius 3 is 1.15 bits per heavy atom. The maximum atomic E-state index is 11.4. The summed E-state index contributed by atoms with van der Waals surface area (Å²) in [6.07, 6.45) is 0. The minimum Gasteiger partial charge on any atom is -0.397 e. The van der Waals surface area contributed by atoms with Gasteiger partial charge in [0.2, 0.25) is 0 Å². The monoisotopic (exact) mass is 680 g/mol. The van der Waals surface area contributed by atoms with Crippen molar-refractivity contribution < 1.29 is 4.92 Å². The molecule has 0 radical (unpaired) electrons. The van der Waals surface area contributed by atoms with Gasteiger partial charge in [-0.25, -0.2) is 19.9 Å². The quantitative estimate of drug-likeness (QED) is 0.109. The second-order valence-corrected chi connectivity index (χ2v) is 12.9. The van der Waals surface area contributed by atoms with E-state index in [4.69, 9.17) is 25.7 Å². The summed E-state index contributed by atoms with van der Waals surface area (Å²) in [4.78, 5) is 30.2. The molecule has 8 rings (SSSR count). The predicted octanol–water partition coefficient (Wildman–Crippen LogP) is 10.7. The number of nitro groups is 1. The molecule has 0 unspecified atom stereocenters. The smallest absolute Gasteiger partial charge is 0.297 e. The molecule has 254 valence electrons. The molecular formula is C44H36N6O2. The van der Waals surface area contributed by atoms with Crippen LogP contribution in [0.25, 0.3) is 67.1 Å². The summed E-state index contributed by atoms with van der Waals surface area (Å²) in [5.41, 5.74) is 20.8. The van der Waals surface area contributed by atoms with Crippen LogP contribution in [0.3, 0.4) is 0 Å². The lowest BCUT2D eigenvalue weighted by atomic mass is 10.0. The molecule has 0 spiro atoms. The molecule has 8 aromatic rings. The number of hydrogen-bond donors (Lipinski definition) is 1. The van der Waals surface area contributed by atoms with Crippen LogP contribution in [-0.2, 0) is 0 Å². The minimum atomic E-state index is -0.415. The molecule has 0 aliphatic carbocycles. The first-order chi connectivity index (χ1) is 25.1. The van der Waals surface area contributed by atoms with E-state index in [9.17, 15) is 10.1 Å². The molecule has 0 aliphatic rings. The third-order valence-corrected chi connectivity index (χ3v) is 8.90. The van der Waals surface area contributed by atoms with Gasteiger partial charge in [0, 0.05) is 28.3 Å². The van der Waals surface area contributed by atoms with Gasteiger partial charge in [-0.1, -0.05) is 131 Å². The van der Waals surface area contributed by atoms with Crippen molar-refractivity contribution in [3.05, 3.63) is 166 Å². The highest BCUT2D eigenvalue weighted by Crippen LogP contribution is 2.35. The third kappa shape index (κ3) is 6.95. The van der Waals surface area contributed by atoms with Crippen LogP contribution in [0, 0.1) is 37.8 Å². The van der Waals surface area contributed by atoms with E-state index in [0.29, 0.717) is 28.1 Å². The number of nitrogens with two attached hydrogens (primary N) is 1. The number of nitrogen functional groups attached to an aromatic ring is 1. The van der Waals surface area contributed by atoms with E-state index in [1.54, 1.807) is 12.1 Å². The Balaban J connectivity index is 0.000000162. The highest BCUT2D eigenvalue weighted by Gasteiger charge is 2.19. The lowest BCUT2D eigenvalue weighted by Gasteiger charge is -2.12. The Bertz CT molecular complexity index is 2570. The molecule has 0 bridgehead atoms. The zero-order valence-electron chi connectivity index (χ0n) is 29.3. The van der Waals surface area contributed by atoms with E-state index in [0.717, 1.165) is 55.8 Å². The Labute approximate surface area is 301 Å². The van der Waals surface area contributed by atoms with Crippen molar-refractivity contribution in [2.24, 2.45) is 0 Å². The zero-order chi connectivity index (χ0) is 36.4.